The molecule has 1 saturated carbocycles. The van der Waals surface area contributed by atoms with Crippen molar-refractivity contribution in [3.05, 3.63) is 47.0 Å². The summed E-state index contributed by atoms with van der Waals surface area (Å²) in [4.78, 5) is 0. The number of hydrogen-bond donors (Lipinski definition) is 0. The summed E-state index contributed by atoms with van der Waals surface area (Å²) in [6, 6.07) is 10.5. The van der Waals surface area contributed by atoms with Crippen LogP contribution in [-0.4, -0.2) is 6.10 Å². The number of benzene rings is 1. The van der Waals surface area contributed by atoms with Gasteiger partial charge in [0.05, 0.1) is 12.7 Å². The summed E-state index contributed by atoms with van der Waals surface area (Å²) in [5.74, 6) is 0.786. The van der Waals surface area contributed by atoms with Crippen molar-refractivity contribution >= 4 is 0 Å². The third-order valence-corrected chi connectivity index (χ3v) is 3.85. The van der Waals surface area contributed by atoms with Crippen LogP contribution in [-0.2, 0) is 11.3 Å². The summed E-state index contributed by atoms with van der Waals surface area (Å²) < 4.78 is 6.16. The first-order valence-corrected chi connectivity index (χ1v) is 6.98. The predicted molar refractivity (Wildman–Crippen MR) is 76.4 cm³/mol. The van der Waals surface area contributed by atoms with Crippen molar-refractivity contribution < 1.29 is 4.74 Å². The molecule has 18 heavy (non-hydrogen) atoms. The fourth-order valence-corrected chi connectivity index (χ4v) is 2.70. The second-order valence-corrected chi connectivity index (χ2v) is 5.69. The molecule has 0 aliphatic heterocycles. The molecule has 1 aromatic rings. The highest BCUT2D eigenvalue weighted by Crippen LogP contribution is 2.32. The molecule has 1 aliphatic carbocycles. The van der Waals surface area contributed by atoms with Gasteiger partial charge in [-0.15, -0.1) is 0 Å². The predicted octanol–water partition coefficient (Wildman–Crippen LogP) is 4.73. The van der Waals surface area contributed by atoms with Crippen molar-refractivity contribution in [2.24, 2.45) is 5.92 Å². The molecular formula is C17H24O. The molecule has 1 aromatic carbocycles. The van der Waals surface area contributed by atoms with Crippen molar-refractivity contribution in [2.75, 3.05) is 0 Å². The molecule has 0 N–H and O–H groups in total. The number of ether oxygens (including phenoxy) is 1. The minimum Gasteiger partial charge on any atom is -0.369 e. The van der Waals surface area contributed by atoms with Gasteiger partial charge in [0.2, 0.25) is 0 Å². The summed E-state index contributed by atoms with van der Waals surface area (Å²) in [5.41, 5.74) is 4.24. The molecule has 0 amide bonds. The van der Waals surface area contributed by atoms with Crippen LogP contribution in [0.15, 0.2) is 41.5 Å². The monoisotopic (exact) mass is 244 g/mol. The fourth-order valence-electron chi connectivity index (χ4n) is 2.70. The van der Waals surface area contributed by atoms with E-state index >= 15 is 0 Å². The topological polar surface area (TPSA) is 9.23 Å². The van der Waals surface area contributed by atoms with Crippen LogP contribution in [0.3, 0.4) is 0 Å². The molecule has 0 spiro atoms. The first kappa shape index (κ1) is 13.4. The van der Waals surface area contributed by atoms with Gasteiger partial charge in [0.1, 0.15) is 0 Å². The van der Waals surface area contributed by atoms with E-state index in [2.05, 4.69) is 45.0 Å². The maximum absolute atomic E-state index is 6.16. The van der Waals surface area contributed by atoms with Crippen LogP contribution in [0.1, 0.15) is 45.6 Å². The van der Waals surface area contributed by atoms with Crippen LogP contribution in [0.2, 0.25) is 0 Å². The average Bonchev–Trinajstić information content (AvgIpc) is 2.37. The first-order chi connectivity index (χ1) is 8.66. The van der Waals surface area contributed by atoms with Crippen molar-refractivity contribution in [3.8, 4) is 0 Å². The largest absolute Gasteiger partial charge is 0.369 e. The van der Waals surface area contributed by atoms with Crippen molar-refractivity contribution in [1.29, 1.82) is 0 Å². The zero-order valence-electron chi connectivity index (χ0n) is 11.8. The Hall–Kier alpha value is -1.08. The van der Waals surface area contributed by atoms with E-state index in [0.717, 1.165) is 12.5 Å². The molecule has 1 heteroatoms. The standard InChI is InChI=1S/C17H24O/c1-13(2)16-10-9-14(3)11-17(16)18-12-15-7-5-4-6-8-15/h4-8,14,17H,9-12H2,1-3H3/t14-,17?/m1/s1. The second kappa shape index (κ2) is 6.19. The molecule has 2 atom stereocenters. The zero-order chi connectivity index (χ0) is 13.0. The average molecular weight is 244 g/mol. The molecule has 98 valence electrons. The maximum Gasteiger partial charge on any atom is 0.0794 e. The van der Waals surface area contributed by atoms with Gasteiger partial charge in [-0.05, 0) is 50.2 Å². The van der Waals surface area contributed by atoms with Gasteiger partial charge >= 0.3 is 0 Å². The summed E-state index contributed by atoms with van der Waals surface area (Å²) in [6.45, 7) is 7.49. The Balaban J connectivity index is 1.99. The molecule has 1 nitrogen and oxygen atoms in total. The lowest BCUT2D eigenvalue weighted by atomic mass is 9.83. The molecule has 1 aliphatic rings. The Bertz CT molecular complexity index is 401. The van der Waals surface area contributed by atoms with E-state index in [1.54, 1.807) is 0 Å². The van der Waals surface area contributed by atoms with E-state index in [1.807, 2.05) is 6.07 Å². The third kappa shape index (κ3) is 3.46. The smallest absolute Gasteiger partial charge is 0.0794 e. The molecule has 0 bridgehead atoms. The summed E-state index contributed by atoms with van der Waals surface area (Å²) in [5, 5.41) is 0. The number of rotatable bonds is 3. The number of allylic oxidation sites excluding steroid dienone is 1. The zero-order valence-corrected chi connectivity index (χ0v) is 11.8. The summed E-state index contributed by atoms with van der Waals surface area (Å²) in [7, 11) is 0. The van der Waals surface area contributed by atoms with Crippen LogP contribution < -0.4 is 0 Å². The summed E-state index contributed by atoms with van der Waals surface area (Å²) in [6.07, 6.45) is 4.03. The molecule has 1 unspecified atom stereocenters. The van der Waals surface area contributed by atoms with Crippen molar-refractivity contribution in [1.82, 2.24) is 0 Å². The minimum absolute atomic E-state index is 0.332. The van der Waals surface area contributed by atoms with Gasteiger partial charge in [0.25, 0.3) is 0 Å². The van der Waals surface area contributed by atoms with Crippen LogP contribution >= 0.6 is 0 Å². The van der Waals surface area contributed by atoms with Crippen LogP contribution in [0.25, 0.3) is 0 Å². The van der Waals surface area contributed by atoms with E-state index in [9.17, 15) is 0 Å². The number of hydrogen-bond acceptors (Lipinski definition) is 1. The Morgan fingerprint density at radius 3 is 2.61 bits per heavy atom. The van der Waals surface area contributed by atoms with Crippen molar-refractivity contribution in [3.63, 3.8) is 0 Å². The van der Waals surface area contributed by atoms with Crippen LogP contribution in [0, 0.1) is 5.92 Å². The highest BCUT2D eigenvalue weighted by atomic mass is 16.5. The van der Waals surface area contributed by atoms with Gasteiger partial charge in [-0.2, -0.15) is 0 Å². The Kier molecular flexibility index (Phi) is 4.60. The molecule has 0 radical (unpaired) electrons. The molecule has 0 aromatic heterocycles. The van der Waals surface area contributed by atoms with E-state index < -0.39 is 0 Å². The van der Waals surface area contributed by atoms with Gasteiger partial charge in [-0.1, -0.05) is 42.8 Å². The van der Waals surface area contributed by atoms with Crippen LogP contribution in [0.4, 0.5) is 0 Å². The summed E-state index contributed by atoms with van der Waals surface area (Å²) >= 11 is 0. The maximum atomic E-state index is 6.16. The van der Waals surface area contributed by atoms with Gasteiger partial charge in [0.15, 0.2) is 0 Å². The van der Waals surface area contributed by atoms with E-state index in [1.165, 1.54) is 36.0 Å². The molecule has 1 fully saturated rings. The normalized spacial score (nSPS) is 24.1. The lowest BCUT2D eigenvalue weighted by Crippen LogP contribution is -2.25. The highest BCUT2D eigenvalue weighted by Gasteiger charge is 2.24. The quantitative estimate of drug-likeness (QED) is 0.698. The van der Waals surface area contributed by atoms with Crippen molar-refractivity contribution in [2.45, 2.75) is 52.7 Å². The molecular weight excluding hydrogens is 220 g/mol. The van der Waals surface area contributed by atoms with Gasteiger partial charge in [-0.25, -0.2) is 0 Å². The minimum atomic E-state index is 0.332. The highest BCUT2D eigenvalue weighted by molar-refractivity contribution is 5.18. The fraction of sp³-hybridized carbons (Fsp3) is 0.529. The third-order valence-electron chi connectivity index (χ3n) is 3.85. The SMILES string of the molecule is CC(C)=C1CC[C@@H](C)CC1OCc1ccccc1. The lowest BCUT2D eigenvalue weighted by Gasteiger charge is -2.31. The first-order valence-electron chi connectivity index (χ1n) is 6.98. The second-order valence-electron chi connectivity index (χ2n) is 5.69. The molecule has 0 heterocycles. The lowest BCUT2D eigenvalue weighted by molar-refractivity contribution is 0.0360. The van der Waals surface area contributed by atoms with E-state index in [4.69, 9.17) is 4.74 Å². The Labute approximate surface area is 111 Å². The van der Waals surface area contributed by atoms with Gasteiger partial charge in [-0.3, -0.25) is 0 Å². The van der Waals surface area contributed by atoms with Gasteiger partial charge in [0, 0.05) is 0 Å². The Morgan fingerprint density at radius 2 is 1.94 bits per heavy atom. The van der Waals surface area contributed by atoms with Crippen LogP contribution in [0.5, 0.6) is 0 Å². The molecule has 2 rings (SSSR count). The Morgan fingerprint density at radius 1 is 1.22 bits per heavy atom. The van der Waals surface area contributed by atoms with E-state index in [0.29, 0.717) is 6.10 Å². The van der Waals surface area contributed by atoms with Gasteiger partial charge < -0.3 is 4.74 Å². The molecule has 0 saturated heterocycles. The van der Waals surface area contributed by atoms with E-state index in [-0.39, 0.29) is 0 Å².